The van der Waals surface area contributed by atoms with E-state index in [2.05, 4.69) is 6.92 Å². The van der Waals surface area contributed by atoms with Gasteiger partial charge in [-0.1, -0.05) is 96.8 Å². The molecule has 5 atom stereocenters. The number of carboxylic acids is 1. The third-order valence-electron chi connectivity index (χ3n) is 6.77. The average molecular weight is 461 g/mol. The van der Waals surface area contributed by atoms with Crippen LogP contribution in [0.5, 0.6) is 0 Å². The lowest BCUT2D eigenvalue weighted by atomic mass is 9.82. The number of aliphatic carboxylic acids is 1. The van der Waals surface area contributed by atoms with E-state index < -0.39 is 42.6 Å². The molecule has 1 aliphatic heterocycles. The molecule has 0 aromatic carbocycles. The first-order valence-electron chi connectivity index (χ1n) is 12.9. The van der Waals surface area contributed by atoms with Gasteiger partial charge in [0.2, 0.25) is 0 Å². The van der Waals surface area contributed by atoms with Gasteiger partial charge in [-0.05, 0) is 12.8 Å². The van der Waals surface area contributed by atoms with Crippen LogP contribution in [0.3, 0.4) is 0 Å². The van der Waals surface area contributed by atoms with E-state index in [0.717, 1.165) is 19.3 Å². The van der Waals surface area contributed by atoms with Crippen LogP contribution >= 0.6 is 0 Å². The van der Waals surface area contributed by atoms with Crippen molar-refractivity contribution in [2.75, 3.05) is 6.61 Å². The number of unbranched alkanes of at least 4 members (excludes halogenated alkanes) is 14. The highest BCUT2D eigenvalue weighted by atomic mass is 16.6. The summed E-state index contributed by atoms with van der Waals surface area (Å²) < 4.78 is 5.57. The van der Waals surface area contributed by atoms with E-state index in [1.165, 1.54) is 70.6 Å². The maximum absolute atomic E-state index is 11.9. The summed E-state index contributed by atoms with van der Waals surface area (Å²) in [5.41, 5.74) is -1.64. The molecule has 1 rings (SSSR count). The summed E-state index contributed by atoms with van der Waals surface area (Å²) in [7, 11) is 0. The standard InChI is InChI=1S/C25H48O7/c1-2-3-4-5-6-7-8-9-10-11-12-13-14-15-16-17-25(24(30)31)18-20(27)22(29)23(32-25)21(28)19-26/h20-23,26-29H,2-19H2,1H3,(H,30,31)/t20-,21-,22-,23-,25+/m1/s1. The van der Waals surface area contributed by atoms with Crippen molar-refractivity contribution in [3.05, 3.63) is 0 Å². The van der Waals surface area contributed by atoms with Crippen molar-refractivity contribution in [1.82, 2.24) is 0 Å². The van der Waals surface area contributed by atoms with Crippen molar-refractivity contribution < 1.29 is 35.1 Å². The normalized spacial score (nSPS) is 26.8. The fourth-order valence-corrected chi connectivity index (χ4v) is 4.65. The van der Waals surface area contributed by atoms with Crippen molar-refractivity contribution in [1.29, 1.82) is 0 Å². The highest BCUT2D eigenvalue weighted by Gasteiger charge is 2.52. The zero-order chi connectivity index (χ0) is 23.8. The quantitative estimate of drug-likeness (QED) is 0.185. The van der Waals surface area contributed by atoms with Gasteiger partial charge in [-0.2, -0.15) is 0 Å². The van der Waals surface area contributed by atoms with Crippen LogP contribution in [0, 0.1) is 0 Å². The first-order chi connectivity index (χ1) is 15.4. The topological polar surface area (TPSA) is 127 Å². The van der Waals surface area contributed by atoms with Crippen molar-refractivity contribution in [3.63, 3.8) is 0 Å². The second-order valence-electron chi connectivity index (χ2n) is 9.59. The molecular formula is C25H48O7. The summed E-state index contributed by atoms with van der Waals surface area (Å²) in [5.74, 6) is -1.20. The Morgan fingerprint density at radius 1 is 0.875 bits per heavy atom. The molecule has 0 bridgehead atoms. The monoisotopic (exact) mass is 460 g/mol. The summed E-state index contributed by atoms with van der Waals surface area (Å²) >= 11 is 0. The molecule has 7 nitrogen and oxygen atoms in total. The van der Waals surface area contributed by atoms with E-state index >= 15 is 0 Å². The molecule has 0 aliphatic carbocycles. The Hall–Kier alpha value is -0.730. The lowest BCUT2D eigenvalue weighted by molar-refractivity contribution is -0.248. The average Bonchev–Trinajstić information content (AvgIpc) is 2.78. The van der Waals surface area contributed by atoms with Crippen LogP contribution in [0.15, 0.2) is 0 Å². The van der Waals surface area contributed by atoms with Crippen molar-refractivity contribution in [2.45, 2.75) is 146 Å². The fraction of sp³-hybridized carbons (Fsp3) is 0.960. The molecule has 7 heteroatoms. The van der Waals surface area contributed by atoms with Crippen LogP contribution in [-0.2, 0) is 9.53 Å². The molecular weight excluding hydrogens is 412 g/mol. The summed E-state index contributed by atoms with van der Waals surface area (Å²) in [6.45, 7) is 1.57. The molecule has 0 spiro atoms. The Bertz CT molecular complexity index is 487. The Morgan fingerprint density at radius 3 is 1.72 bits per heavy atom. The number of rotatable bonds is 19. The predicted octanol–water partition coefficient (Wildman–Crippen LogP) is 3.94. The van der Waals surface area contributed by atoms with E-state index in [4.69, 9.17) is 9.84 Å². The summed E-state index contributed by atoms with van der Waals surface area (Å²) in [4.78, 5) is 11.9. The number of aliphatic hydroxyl groups is 4. The van der Waals surface area contributed by atoms with Crippen molar-refractivity contribution in [2.24, 2.45) is 0 Å². The number of carbonyl (C=O) groups is 1. The van der Waals surface area contributed by atoms with E-state index in [1.807, 2.05) is 0 Å². The van der Waals surface area contributed by atoms with Crippen molar-refractivity contribution >= 4 is 5.97 Å². The minimum absolute atomic E-state index is 0.207. The van der Waals surface area contributed by atoms with Gasteiger partial charge in [0.05, 0.1) is 12.7 Å². The molecule has 1 aliphatic rings. The van der Waals surface area contributed by atoms with Gasteiger partial charge in [-0.15, -0.1) is 0 Å². The molecule has 0 amide bonds. The number of aliphatic hydroxyl groups excluding tert-OH is 4. The Labute approximate surface area is 194 Å². The zero-order valence-electron chi connectivity index (χ0n) is 20.1. The molecule has 190 valence electrons. The molecule has 5 N–H and O–H groups in total. The van der Waals surface area contributed by atoms with Gasteiger partial charge in [-0.25, -0.2) is 4.79 Å². The molecule has 0 radical (unpaired) electrons. The van der Waals surface area contributed by atoms with Gasteiger partial charge in [0.25, 0.3) is 0 Å². The van der Waals surface area contributed by atoms with Crippen LogP contribution in [0.2, 0.25) is 0 Å². The minimum atomic E-state index is -1.64. The second-order valence-corrected chi connectivity index (χ2v) is 9.59. The SMILES string of the molecule is CCCCCCCCCCCCCCCCC[C@@]1(C(=O)O)C[C@@H](O)[C@@H](O)[C@@H]([C@H](O)CO)O1. The highest BCUT2D eigenvalue weighted by Crippen LogP contribution is 2.35. The number of carboxylic acid groups (broad SMARTS) is 1. The molecule has 1 heterocycles. The lowest BCUT2D eigenvalue weighted by Gasteiger charge is -2.44. The smallest absolute Gasteiger partial charge is 0.336 e. The Kier molecular flexibility index (Phi) is 15.4. The van der Waals surface area contributed by atoms with Crippen LogP contribution in [-0.4, -0.2) is 68.1 Å². The fourth-order valence-electron chi connectivity index (χ4n) is 4.65. The van der Waals surface area contributed by atoms with Crippen LogP contribution < -0.4 is 0 Å². The van der Waals surface area contributed by atoms with Crippen LogP contribution in [0.4, 0.5) is 0 Å². The first kappa shape index (κ1) is 29.3. The molecule has 0 aromatic rings. The first-order valence-corrected chi connectivity index (χ1v) is 12.9. The third-order valence-corrected chi connectivity index (χ3v) is 6.77. The second kappa shape index (κ2) is 16.8. The molecule has 1 fully saturated rings. The highest BCUT2D eigenvalue weighted by molar-refractivity contribution is 5.77. The molecule has 0 unspecified atom stereocenters. The summed E-state index contributed by atoms with van der Waals surface area (Å²) in [6.07, 6.45) is 12.7. The van der Waals surface area contributed by atoms with Gasteiger partial charge in [0, 0.05) is 6.42 Å². The summed E-state index contributed by atoms with van der Waals surface area (Å²) in [6, 6.07) is 0. The van der Waals surface area contributed by atoms with Crippen molar-refractivity contribution in [3.8, 4) is 0 Å². The molecule has 0 saturated carbocycles. The van der Waals surface area contributed by atoms with Crippen LogP contribution in [0.25, 0.3) is 0 Å². The predicted molar refractivity (Wildman–Crippen MR) is 125 cm³/mol. The Balaban J connectivity index is 2.16. The minimum Gasteiger partial charge on any atom is -0.479 e. The largest absolute Gasteiger partial charge is 0.479 e. The van der Waals surface area contributed by atoms with E-state index in [1.54, 1.807) is 0 Å². The maximum Gasteiger partial charge on any atom is 0.336 e. The van der Waals surface area contributed by atoms with Crippen LogP contribution in [0.1, 0.15) is 116 Å². The number of ether oxygens (including phenoxy) is 1. The maximum atomic E-state index is 11.9. The number of hydrogen-bond acceptors (Lipinski definition) is 6. The summed E-state index contributed by atoms with van der Waals surface area (Å²) in [5, 5.41) is 48.8. The van der Waals surface area contributed by atoms with Gasteiger partial charge in [-0.3, -0.25) is 0 Å². The molecule has 0 aromatic heterocycles. The Morgan fingerprint density at radius 2 is 1.31 bits per heavy atom. The van der Waals surface area contributed by atoms with Gasteiger partial charge in [0.15, 0.2) is 5.60 Å². The third kappa shape index (κ3) is 10.5. The van der Waals surface area contributed by atoms with Gasteiger partial charge >= 0.3 is 5.97 Å². The number of hydrogen-bond donors (Lipinski definition) is 5. The van der Waals surface area contributed by atoms with E-state index in [9.17, 15) is 25.2 Å². The lowest BCUT2D eigenvalue weighted by Crippen LogP contribution is -2.61. The zero-order valence-corrected chi connectivity index (χ0v) is 20.1. The van der Waals surface area contributed by atoms with Gasteiger partial charge in [0.1, 0.15) is 18.3 Å². The van der Waals surface area contributed by atoms with Gasteiger partial charge < -0.3 is 30.3 Å². The molecule has 32 heavy (non-hydrogen) atoms. The van der Waals surface area contributed by atoms with E-state index in [-0.39, 0.29) is 12.8 Å². The van der Waals surface area contributed by atoms with E-state index in [0.29, 0.717) is 6.42 Å². The molecule has 1 saturated heterocycles.